The first-order valence-electron chi connectivity index (χ1n) is 15.8. The van der Waals surface area contributed by atoms with E-state index < -0.39 is 24.1 Å². The lowest BCUT2D eigenvalue weighted by Crippen LogP contribution is -2.49. The highest BCUT2D eigenvalue weighted by Gasteiger charge is 2.46. The molecule has 2 aromatic carbocycles. The van der Waals surface area contributed by atoms with E-state index in [0.29, 0.717) is 43.4 Å². The molecule has 1 saturated carbocycles. The highest BCUT2D eigenvalue weighted by atomic mass is 35.5. The molecule has 1 heterocycles. The summed E-state index contributed by atoms with van der Waals surface area (Å²) < 4.78 is 11.6. The quantitative estimate of drug-likeness (QED) is 0.259. The molecular formula is C36H45ClN2O6. The standard InChI is InChI=1S/C36H45ClN2O6/c1-5-7-17-38(3)33(41)20-36(43,34(42)44-4)26-11-15-32-30(19-26)39(21-25-10-13-28(25)31(40)6-2)22-35(23-45-32)16-8-9-24-18-27(37)12-14-29(24)35/h5-6,11-12,14-15,18-19,25,28,31,40,43H,1-2,7-10,13,16-17,20-23H2,3-4H3/t25-,28+,31?,35-,36?/m0/s1. The van der Waals surface area contributed by atoms with Crippen molar-refractivity contribution in [2.75, 3.05) is 45.3 Å². The Labute approximate surface area is 271 Å². The number of methoxy groups -OCH3 is 1. The van der Waals surface area contributed by atoms with Crippen molar-refractivity contribution in [3.8, 4) is 5.75 Å². The number of aliphatic hydroxyl groups excluding tert-OH is 1. The van der Waals surface area contributed by atoms with Gasteiger partial charge in [-0.3, -0.25) is 4.79 Å². The van der Waals surface area contributed by atoms with Crippen LogP contribution in [0.1, 0.15) is 55.2 Å². The lowest BCUT2D eigenvalue weighted by Gasteiger charge is -2.45. The highest BCUT2D eigenvalue weighted by Crippen LogP contribution is 2.47. The number of hydrogen-bond donors (Lipinski definition) is 2. The first-order valence-corrected chi connectivity index (χ1v) is 16.2. The number of nitrogens with zero attached hydrogens (tertiary/aromatic N) is 2. The van der Waals surface area contributed by atoms with E-state index in [-0.39, 0.29) is 28.7 Å². The topological polar surface area (TPSA) is 99.5 Å². The third-order valence-corrected chi connectivity index (χ3v) is 10.4. The fourth-order valence-corrected chi connectivity index (χ4v) is 7.52. The second kappa shape index (κ2) is 13.6. The zero-order valence-corrected chi connectivity index (χ0v) is 27.1. The first kappa shape index (κ1) is 33.0. The van der Waals surface area contributed by atoms with E-state index in [1.54, 1.807) is 37.4 Å². The van der Waals surface area contributed by atoms with Crippen molar-refractivity contribution in [3.63, 3.8) is 0 Å². The summed E-state index contributed by atoms with van der Waals surface area (Å²) in [5.74, 6) is -0.338. The molecule has 9 heteroatoms. The average molecular weight is 637 g/mol. The van der Waals surface area contributed by atoms with Crippen LogP contribution < -0.4 is 9.64 Å². The van der Waals surface area contributed by atoms with Crippen LogP contribution in [0.15, 0.2) is 61.7 Å². The largest absolute Gasteiger partial charge is 0.490 e. The van der Waals surface area contributed by atoms with E-state index >= 15 is 0 Å². The normalized spacial score (nSPS) is 24.1. The van der Waals surface area contributed by atoms with Gasteiger partial charge in [-0.15, -0.1) is 13.2 Å². The maximum atomic E-state index is 13.2. The number of amides is 1. The Hall–Kier alpha value is -3.33. The van der Waals surface area contributed by atoms with Gasteiger partial charge in [0.25, 0.3) is 0 Å². The lowest BCUT2D eigenvalue weighted by molar-refractivity contribution is -0.168. The minimum atomic E-state index is -2.20. The zero-order valence-electron chi connectivity index (χ0n) is 26.3. The number of rotatable bonds is 11. The maximum Gasteiger partial charge on any atom is 0.343 e. The molecule has 0 bridgehead atoms. The van der Waals surface area contributed by atoms with Crippen LogP contribution in [-0.2, 0) is 31.8 Å². The van der Waals surface area contributed by atoms with Crippen LogP contribution in [0.25, 0.3) is 0 Å². The van der Waals surface area contributed by atoms with Gasteiger partial charge in [0.05, 0.1) is 31.9 Å². The van der Waals surface area contributed by atoms with Gasteiger partial charge in [0.2, 0.25) is 5.91 Å². The van der Waals surface area contributed by atoms with Gasteiger partial charge < -0.3 is 29.5 Å². The molecule has 0 saturated heterocycles. The molecule has 1 aliphatic heterocycles. The van der Waals surface area contributed by atoms with Gasteiger partial charge in [0.15, 0.2) is 5.60 Å². The number of benzene rings is 2. The second-order valence-electron chi connectivity index (χ2n) is 12.9. The van der Waals surface area contributed by atoms with Crippen LogP contribution >= 0.6 is 11.6 Å². The van der Waals surface area contributed by atoms with E-state index in [1.807, 2.05) is 6.07 Å². The smallest absolute Gasteiger partial charge is 0.343 e. The molecule has 0 aromatic heterocycles. The number of anilines is 1. The molecule has 2 aliphatic carbocycles. The number of halogens is 1. The van der Waals surface area contributed by atoms with Crippen LogP contribution in [0.3, 0.4) is 0 Å². The summed E-state index contributed by atoms with van der Waals surface area (Å²) in [6.45, 7) is 9.69. The Bertz CT molecular complexity index is 1450. The summed E-state index contributed by atoms with van der Waals surface area (Å²) in [7, 11) is 2.84. The van der Waals surface area contributed by atoms with Gasteiger partial charge in [-0.2, -0.15) is 0 Å². The molecular weight excluding hydrogens is 592 g/mol. The monoisotopic (exact) mass is 636 g/mol. The van der Waals surface area contributed by atoms with Gasteiger partial charge in [-0.25, -0.2) is 4.79 Å². The van der Waals surface area contributed by atoms with Crippen molar-refractivity contribution in [3.05, 3.63) is 83.4 Å². The van der Waals surface area contributed by atoms with Crippen molar-refractivity contribution in [1.29, 1.82) is 0 Å². The predicted octanol–water partition coefficient (Wildman–Crippen LogP) is 5.17. The molecule has 2 aromatic rings. The Kier molecular flexibility index (Phi) is 9.97. The van der Waals surface area contributed by atoms with Crippen molar-refractivity contribution in [2.45, 2.75) is 62.1 Å². The molecule has 5 atom stereocenters. The lowest BCUT2D eigenvalue weighted by atomic mass is 9.68. The summed E-state index contributed by atoms with van der Waals surface area (Å²) in [5, 5.41) is 23.2. The van der Waals surface area contributed by atoms with Crippen LogP contribution in [-0.4, -0.2) is 73.5 Å². The molecule has 5 rings (SSSR count). The number of carbonyl (C=O) groups is 2. The van der Waals surface area contributed by atoms with Crippen LogP contribution in [0.2, 0.25) is 5.02 Å². The summed E-state index contributed by atoms with van der Waals surface area (Å²) in [6, 6.07) is 11.3. The third-order valence-electron chi connectivity index (χ3n) is 10.2. The SMILES string of the molecule is C=CCCN(C)C(=O)CC(O)(C(=O)OC)c1ccc2c(c1)N(C[C@@H]1CC[C@H]1C(O)C=C)C[C@@]1(CCCc3cc(Cl)ccc31)CO2. The van der Waals surface area contributed by atoms with Crippen molar-refractivity contribution >= 4 is 29.2 Å². The van der Waals surface area contributed by atoms with Crippen molar-refractivity contribution in [2.24, 2.45) is 11.8 Å². The number of ether oxygens (including phenoxy) is 2. The number of hydrogen-bond acceptors (Lipinski definition) is 7. The van der Waals surface area contributed by atoms with Gasteiger partial charge >= 0.3 is 5.97 Å². The minimum Gasteiger partial charge on any atom is -0.490 e. The van der Waals surface area contributed by atoms with E-state index in [9.17, 15) is 19.8 Å². The molecule has 1 fully saturated rings. The van der Waals surface area contributed by atoms with Crippen molar-refractivity contribution < 1.29 is 29.3 Å². The molecule has 2 N–H and O–H groups in total. The van der Waals surface area contributed by atoms with Gasteiger partial charge in [-0.1, -0.05) is 35.9 Å². The summed E-state index contributed by atoms with van der Waals surface area (Å²) in [6.07, 6.45) is 7.62. The fraction of sp³-hybridized carbons (Fsp3) is 0.500. The Balaban J connectivity index is 1.55. The number of aryl methyl sites for hydroxylation is 1. The van der Waals surface area contributed by atoms with Gasteiger partial charge in [-0.05, 0) is 91.3 Å². The summed E-state index contributed by atoms with van der Waals surface area (Å²) in [5.41, 5.74) is 0.939. The van der Waals surface area contributed by atoms with E-state index in [1.165, 1.54) is 23.1 Å². The Morgan fingerprint density at radius 1 is 1.27 bits per heavy atom. The highest BCUT2D eigenvalue weighted by molar-refractivity contribution is 6.30. The van der Waals surface area contributed by atoms with E-state index in [4.69, 9.17) is 21.1 Å². The van der Waals surface area contributed by atoms with Gasteiger partial charge in [0, 0.05) is 37.1 Å². The average Bonchev–Trinajstić information content (AvgIpc) is 3.17. The number of aliphatic hydroxyl groups is 2. The molecule has 8 nitrogen and oxygen atoms in total. The van der Waals surface area contributed by atoms with Gasteiger partial charge in [0.1, 0.15) is 5.75 Å². The summed E-state index contributed by atoms with van der Waals surface area (Å²) in [4.78, 5) is 30.1. The summed E-state index contributed by atoms with van der Waals surface area (Å²) >= 11 is 6.40. The fourth-order valence-electron chi connectivity index (χ4n) is 7.32. The van der Waals surface area contributed by atoms with Crippen LogP contribution in [0.4, 0.5) is 5.69 Å². The predicted molar refractivity (Wildman–Crippen MR) is 176 cm³/mol. The zero-order chi connectivity index (χ0) is 32.4. The van der Waals surface area contributed by atoms with Crippen molar-refractivity contribution in [1.82, 2.24) is 4.90 Å². The van der Waals surface area contributed by atoms with E-state index in [0.717, 1.165) is 37.8 Å². The molecule has 1 spiro atoms. The molecule has 2 unspecified atom stereocenters. The maximum absolute atomic E-state index is 13.2. The first-order chi connectivity index (χ1) is 21.5. The molecule has 1 amide bonds. The molecule has 0 radical (unpaired) electrons. The number of carbonyl (C=O) groups excluding carboxylic acids is 2. The van der Waals surface area contributed by atoms with E-state index in [2.05, 4.69) is 30.2 Å². The van der Waals surface area contributed by atoms with Crippen LogP contribution in [0, 0.1) is 11.8 Å². The Morgan fingerprint density at radius 3 is 2.76 bits per heavy atom. The molecule has 3 aliphatic rings. The number of fused-ring (bicyclic) bond motifs is 3. The number of esters is 1. The Morgan fingerprint density at radius 2 is 2.07 bits per heavy atom. The van der Waals surface area contributed by atoms with Crippen LogP contribution in [0.5, 0.6) is 5.75 Å². The molecule has 242 valence electrons. The third kappa shape index (κ3) is 6.51. The second-order valence-corrected chi connectivity index (χ2v) is 13.4. The molecule has 45 heavy (non-hydrogen) atoms. The minimum absolute atomic E-state index is 0.0995.